The first-order valence-electron chi connectivity index (χ1n) is 7.11. The lowest BCUT2D eigenvalue weighted by atomic mass is 10.1. The number of amides is 1. The van der Waals surface area contributed by atoms with Crippen LogP contribution in [-0.4, -0.2) is 40.4 Å². The third-order valence-electron chi connectivity index (χ3n) is 3.46. The highest BCUT2D eigenvalue weighted by molar-refractivity contribution is 5.85. The molecule has 23 heavy (non-hydrogen) atoms. The highest BCUT2D eigenvalue weighted by Crippen LogP contribution is 2.15. The Morgan fingerprint density at radius 3 is 2.61 bits per heavy atom. The summed E-state index contributed by atoms with van der Waals surface area (Å²) in [6.45, 7) is 2.26. The van der Waals surface area contributed by atoms with E-state index in [1.807, 2.05) is 31.2 Å². The van der Waals surface area contributed by atoms with Gasteiger partial charge in [0.05, 0.1) is 24.3 Å². The van der Waals surface area contributed by atoms with Crippen LogP contribution in [0.25, 0.3) is 5.69 Å². The second kappa shape index (κ2) is 9.24. The molecule has 0 saturated carbocycles. The van der Waals surface area contributed by atoms with Gasteiger partial charge < -0.3 is 15.8 Å². The smallest absolute Gasteiger partial charge is 0.223 e. The first-order valence-corrected chi connectivity index (χ1v) is 7.11. The Morgan fingerprint density at radius 2 is 2.09 bits per heavy atom. The maximum absolute atomic E-state index is 11.9. The van der Waals surface area contributed by atoms with Crippen LogP contribution in [0.2, 0.25) is 0 Å². The van der Waals surface area contributed by atoms with E-state index in [2.05, 4.69) is 15.4 Å². The van der Waals surface area contributed by atoms with Gasteiger partial charge in [-0.05, 0) is 24.6 Å². The molecule has 0 aliphatic rings. The normalized spacial score (nSPS) is 13.0. The van der Waals surface area contributed by atoms with E-state index in [9.17, 15) is 4.79 Å². The summed E-state index contributed by atoms with van der Waals surface area (Å²) < 4.78 is 6.79. The van der Waals surface area contributed by atoms with Crippen molar-refractivity contribution in [2.24, 2.45) is 5.73 Å². The van der Waals surface area contributed by atoms with E-state index >= 15 is 0 Å². The number of nitrogens with zero attached hydrogens (tertiary/aromatic N) is 3. The van der Waals surface area contributed by atoms with Crippen molar-refractivity contribution < 1.29 is 9.53 Å². The molecule has 8 heteroatoms. The molecule has 7 nitrogen and oxygen atoms in total. The number of carbonyl (C=O) groups excluding carboxylic acids is 1. The zero-order chi connectivity index (χ0) is 15.9. The zero-order valence-corrected chi connectivity index (χ0v) is 14.0. The molecule has 0 aliphatic carbocycles. The van der Waals surface area contributed by atoms with Crippen molar-refractivity contribution in [1.82, 2.24) is 20.1 Å². The SMILES string of the molecule is COC(CN)CC(=O)NC(C)c1ccc(-n2cncn2)cc1.Cl. The molecule has 2 unspecified atom stereocenters. The fourth-order valence-electron chi connectivity index (χ4n) is 2.11. The molecule has 0 fully saturated rings. The standard InChI is InChI=1S/C15H21N5O2.ClH/c1-11(19-15(21)7-14(8-16)22-2)12-3-5-13(6-4-12)20-10-17-9-18-20;/h3-6,9-11,14H,7-8,16H2,1-2H3,(H,19,21);1H. The Hall–Kier alpha value is -1.96. The van der Waals surface area contributed by atoms with Gasteiger partial charge in [-0.2, -0.15) is 5.10 Å². The Balaban J connectivity index is 0.00000264. The summed E-state index contributed by atoms with van der Waals surface area (Å²) in [5.41, 5.74) is 7.45. The number of ether oxygens (including phenoxy) is 1. The van der Waals surface area contributed by atoms with Crippen LogP contribution >= 0.6 is 12.4 Å². The van der Waals surface area contributed by atoms with E-state index < -0.39 is 0 Å². The topological polar surface area (TPSA) is 95.1 Å². The molecule has 1 amide bonds. The van der Waals surface area contributed by atoms with Crippen LogP contribution in [0, 0.1) is 0 Å². The average molecular weight is 340 g/mol. The van der Waals surface area contributed by atoms with Crippen molar-refractivity contribution in [1.29, 1.82) is 0 Å². The molecule has 1 aromatic carbocycles. The van der Waals surface area contributed by atoms with E-state index in [1.165, 1.54) is 6.33 Å². The first kappa shape index (κ1) is 19.1. The molecule has 1 aromatic heterocycles. The van der Waals surface area contributed by atoms with Gasteiger partial charge in [0.1, 0.15) is 12.7 Å². The summed E-state index contributed by atoms with van der Waals surface area (Å²) in [4.78, 5) is 15.9. The van der Waals surface area contributed by atoms with Crippen molar-refractivity contribution in [3.05, 3.63) is 42.5 Å². The van der Waals surface area contributed by atoms with Crippen LogP contribution in [0.5, 0.6) is 0 Å². The number of aromatic nitrogens is 3. The minimum absolute atomic E-state index is 0. The van der Waals surface area contributed by atoms with Gasteiger partial charge in [0.25, 0.3) is 0 Å². The third kappa shape index (κ3) is 5.31. The number of methoxy groups -OCH3 is 1. The average Bonchev–Trinajstić information content (AvgIpc) is 3.07. The molecular weight excluding hydrogens is 318 g/mol. The number of hydrogen-bond acceptors (Lipinski definition) is 5. The summed E-state index contributed by atoms with van der Waals surface area (Å²) in [5, 5.41) is 7.01. The van der Waals surface area contributed by atoms with E-state index in [0.29, 0.717) is 6.54 Å². The Kier molecular flexibility index (Phi) is 7.67. The van der Waals surface area contributed by atoms with Gasteiger partial charge in [0.2, 0.25) is 5.91 Å². The lowest BCUT2D eigenvalue weighted by Gasteiger charge is -2.17. The Labute approximate surface area is 141 Å². The van der Waals surface area contributed by atoms with Gasteiger partial charge in [-0.15, -0.1) is 12.4 Å². The van der Waals surface area contributed by atoms with E-state index in [4.69, 9.17) is 10.5 Å². The number of hydrogen-bond donors (Lipinski definition) is 2. The monoisotopic (exact) mass is 339 g/mol. The maximum atomic E-state index is 11.9. The minimum atomic E-state index is -0.248. The number of benzene rings is 1. The molecule has 2 rings (SSSR count). The molecule has 1 heterocycles. The van der Waals surface area contributed by atoms with Crippen LogP contribution in [-0.2, 0) is 9.53 Å². The summed E-state index contributed by atoms with van der Waals surface area (Å²) >= 11 is 0. The maximum Gasteiger partial charge on any atom is 0.223 e. The quantitative estimate of drug-likeness (QED) is 0.791. The van der Waals surface area contributed by atoms with Gasteiger partial charge in [-0.1, -0.05) is 12.1 Å². The molecular formula is C15H22ClN5O2. The molecule has 0 aliphatic heterocycles. The van der Waals surface area contributed by atoms with Gasteiger partial charge in [-0.3, -0.25) is 4.79 Å². The molecule has 0 saturated heterocycles. The summed E-state index contributed by atoms with van der Waals surface area (Å²) in [7, 11) is 1.55. The fourth-order valence-corrected chi connectivity index (χ4v) is 2.11. The van der Waals surface area contributed by atoms with E-state index in [1.54, 1.807) is 18.1 Å². The summed E-state index contributed by atoms with van der Waals surface area (Å²) in [5.74, 6) is -0.0786. The van der Waals surface area contributed by atoms with Crippen molar-refractivity contribution in [2.45, 2.75) is 25.5 Å². The van der Waals surface area contributed by atoms with E-state index in [-0.39, 0.29) is 36.9 Å². The van der Waals surface area contributed by atoms with Crippen LogP contribution in [0.1, 0.15) is 24.9 Å². The minimum Gasteiger partial charge on any atom is -0.380 e. The van der Waals surface area contributed by atoms with E-state index in [0.717, 1.165) is 11.3 Å². The molecule has 0 spiro atoms. The molecule has 3 N–H and O–H groups in total. The Morgan fingerprint density at radius 1 is 1.39 bits per heavy atom. The number of nitrogens with one attached hydrogen (secondary N) is 1. The number of carbonyl (C=O) groups is 1. The fraction of sp³-hybridized carbons (Fsp3) is 0.400. The third-order valence-corrected chi connectivity index (χ3v) is 3.46. The first-order chi connectivity index (χ1) is 10.6. The lowest BCUT2D eigenvalue weighted by molar-refractivity contribution is -0.124. The highest BCUT2D eigenvalue weighted by Gasteiger charge is 2.14. The Bertz CT molecular complexity index is 584. The largest absolute Gasteiger partial charge is 0.380 e. The summed E-state index contributed by atoms with van der Waals surface area (Å²) in [6, 6.07) is 7.69. The number of rotatable bonds is 7. The number of halogens is 1. The second-order valence-electron chi connectivity index (χ2n) is 5.02. The second-order valence-corrected chi connectivity index (χ2v) is 5.02. The summed E-state index contributed by atoms with van der Waals surface area (Å²) in [6.07, 6.45) is 3.13. The van der Waals surface area contributed by atoms with Gasteiger partial charge >= 0.3 is 0 Å². The van der Waals surface area contributed by atoms with Crippen LogP contribution < -0.4 is 11.1 Å². The molecule has 2 aromatic rings. The van der Waals surface area contributed by atoms with Crippen molar-refractivity contribution in [3.8, 4) is 5.69 Å². The molecule has 0 bridgehead atoms. The van der Waals surface area contributed by atoms with Crippen molar-refractivity contribution in [3.63, 3.8) is 0 Å². The van der Waals surface area contributed by atoms with Gasteiger partial charge in [-0.25, -0.2) is 9.67 Å². The van der Waals surface area contributed by atoms with Gasteiger partial charge in [0, 0.05) is 13.7 Å². The molecule has 2 atom stereocenters. The lowest BCUT2D eigenvalue weighted by Crippen LogP contribution is -2.33. The predicted molar refractivity (Wildman–Crippen MR) is 89.6 cm³/mol. The zero-order valence-electron chi connectivity index (χ0n) is 13.2. The molecule has 126 valence electrons. The van der Waals surface area contributed by atoms with Crippen molar-refractivity contribution >= 4 is 18.3 Å². The predicted octanol–water partition coefficient (Wildman–Crippen LogP) is 1.23. The van der Waals surface area contributed by atoms with Gasteiger partial charge in [0.15, 0.2) is 0 Å². The van der Waals surface area contributed by atoms with Crippen molar-refractivity contribution in [2.75, 3.05) is 13.7 Å². The van der Waals surface area contributed by atoms with Crippen LogP contribution in [0.15, 0.2) is 36.9 Å². The molecule has 0 radical (unpaired) electrons. The number of nitrogens with two attached hydrogens (primary N) is 1. The highest BCUT2D eigenvalue weighted by atomic mass is 35.5. The van der Waals surface area contributed by atoms with Crippen LogP contribution in [0.3, 0.4) is 0 Å². The van der Waals surface area contributed by atoms with Crippen LogP contribution in [0.4, 0.5) is 0 Å².